The van der Waals surface area contributed by atoms with E-state index in [0.717, 1.165) is 43.6 Å². The van der Waals surface area contributed by atoms with Gasteiger partial charge in [0.2, 0.25) is 11.1 Å². The Balaban J connectivity index is 1.69. The van der Waals surface area contributed by atoms with Gasteiger partial charge in [0.15, 0.2) is 0 Å². The minimum Gasteiger partial charge on any atom is -0.316 e. The lowest BCUT2D eigenvalue weighted by Crippen LogP contribution is -2.32. The highest BCUT2D eigenvalue weighted by molar-refractivity contribution is 7.99. The van der Waals surface area contributed by atoms with E-state index >= 15 is 0 Å². The smallest absolute Gasteiger partial charge is 0.237 e. The van der Waals surface area contributed by atoms with E-state index in [1.54, 1.807) is 16.8 Å². The Bertz CT molecular complexity index is 776. The van der Waals surface area contributed by atoms with Crippen LogP contribution < -0.4 is 0 Å². The third-order valence-corrected chi connectivity index (χ3v) is 5.07. The molecule has 8 heteroatoms. The van der Waals surface area contributed by atoms with Gasteiger partial charge in [-0.05, 0) is 54.3 Å². The molecule has 0 N–H and O–H groups in total. The fraction of sp³-hybridized carbons (Fsp3) is 0.412. The zero-order valence-corrected chi connectivity index (χ0v) is 15.6. The van der Waals surface area contributed by atoms with Crippen LogP contribution in [0.2, 0.25) is 5.02 Å². The van der Waals surface area contributed by atoms with Crippen LogP contribution in [0.15, 0.2) is 41.2 Å². The van der Waals surface area contributed by atoms with Gasteiger partial charge in [0.05, 0.1) is 11.4 Å². The highest BCUT2D eigenvalue weighted by atomic mass is 35.5. The van der Waals surface area contributed by atoms with E-state index in [4.69, 9.17) is 11.6 Å². The Morgan fingerprint density at radius 1 is 1.44 bits per heavy atom. The zero-order valence-electron chi connectivity index (χ0n) is 14.1. The first-order chi connectivity index (χ1) is 12.2. The van der Waals surface area contributed by atoms with E-state index in [0.29, 0.717) is 15.9 Å². The third-order valence-electron chi connectivity index (χ3n) is 3.93. The number of halogens is 1. The summed E-state index contributed by atoms with van der Waals surface area (Å²) in [7, 11) is 0. The largest absolute Gasteiger partial charge is 0.316 e. The summed E-state index contributed by atoms with van der Waals surface area (Å²) in [6.07, 6.45) is 6.28. The number of nitrogens with zero attached hydrogens (tertiary/aromatic N) is 5. The van der Waals surface area contributed by atoms with Crippen LogP contribution >= 0.6 is 23.4 Å². The molecule has 0 saturated carbocycles. The standard InChI is InChI=1S/C17H20ClN5OS/c1-2-10-22(14-7-3-4-8-14)16(24)12-25-17-19-20-21-23(17)15-9-5-6-13(18)11-15/h5-7,9,11H,2-4,8,10,12H2,1H3. The van der Waals surface area contributed by atoms with Crippen molar-refractivity contribution >= 4 is 29.3 Å². The normalized spacial score (nSPS) is 13.8. The first-order valence-electron chi connectivity index (χ1n) is 8.35. The van der Waals surface area contributed by atoms with Crippen LogP contribution in [0, 0.1) is 0 Å². The van der Waals surface area contributed by atoms with Crippen molar-refractivity contribution in [3.63, 3.8) is 0 Å². The minimum atomic E-state index is 0.0978. The van der Waals surface area contributed by atoms with E-state index in [1.807, 2.05) is 17.0 Å². The van der Waals surface area contributed by atoms with Crippen molar-refractivity contribution in [1.29, 1.82) is 0 Å². The number of thioether (sulfide) groups is 1. The van der Waals surface area contributed by atoms with Gasteiger partial charge in [-0.2, -0.15) is 4.68 Å². The summed E-state index contributed by atoms with van der Waals surface area (Å²) in [6, 6.07) is 7.30. The summed E-state index contributed by atoms with van der Waals surface area (Å²) < 4.78 is 1.60. The predicted molar refractivity (Wildman–Crippen MR) is 98.8 cm³/mol. The number of carbonyl (C=O) groups excluding carboxylic acids is 1. The van der Waals surface area contributed by atoms with Crippen LogP contribution in [0.1, 0.15) is 32.6 Å². The molecule has 0 spiro atoms. The molecule has 3 rings (SSSR count). The van der Waals surface area contributed by atoms with Crippen LogP contribution in [0.25, 0.3) is 5.69 Å². The lowest BCUT2D eigenvalue weighted by atomic mass is 10.3. The number of hydrogen-bond acceptors (Lipinski definition) is 5. The maximum absolute atomic E-state index is 12.7. The fourth-order valence-corrected chi connectivity index (χ4v) is 3.75. The topological polar surface area (TPSA) is 63.9 Å². The Morgan fingerprint density at radius 3 is 3.04 bits per heavy atom. The van der Waals surface area contributed by atoms with Crippen LogP contribution in [-0.2, 0) is 4.79 Å². The maximum Gasteiger partial charge on any atom is 0.237 e. The van der Waals surface area contributed by atoms with Crippen LogP contribution in [-0.4, -0.2) is 43.3 Å². The van der Waals surface area contributed by atoms with Crippen molar-refractivity contribution in [3.8, 4) is 5.69 Å². The average molecular weight is 378 g/mol. The van der Waals surface area contributed by atoms with Gasteiger partial charge in [-0.3, -0.25) is 4.79 Å². The third kappa shape index (κ3) is 4.41. The van der Waals surface area contributed by atoms with Gasteiger partial charge in [-0.25, -0.2) is 0 Å². The summed E-state index contributed by atoms with van der Waals surface area (Å²) in [5.41, 5.74) is 1.93. The van der Waals surface area contributed by atoms with Crippen molar-refractivity contribution in [2.24, 2.45) is 0 Å². The summed E-state index contributed by atoms with van der Waals surface area (Å²) in [4.78, 5) is 14.6. The van der Waals surface area contributed by atoms with Gasteiger partial charge in [0.1, 0.15) is 0 Å². The zero-order chi connectivity index (χ0) is 17.6. The van der Waals surface area contributed by atoms with Gasteiger partial charge in [-0.15, -0.1) is 5.10 Å². The molecular formula is C17H20ClN5OS. The van der Waals surface area contributed by atoms with Crippen molar-refractivity contribution in [2.45, 2.75) is 37.8 Å². The number of benzene rings is 1. The first kappa shape index (κ1) is 17.9. The average Bonchev–Trinajstić information content (AvgIpc) is 3.29. The highest BCUT2D eigenvalue weighted by Gasteiger charge is 2.20. The predicted octanol–water partition coefficient (Wildman–Crippen LogP) is 3.71. The second-order valence-electron chi connectivity index (χ2n) is 5.77. The van der Waals surface area contributed by atoms with Crippen LogP contribution in [0.4, 0.5) is 0 Å². The van der Waals surface area contributed by atoms with Crippen molar-refractivity contribution < 1.29 is 4.79 Å². The Kier molecular flexibility index (Phi) is 6.09. The molecule has 2 aromatic rings. The molecule has 25 heavy (non-hydrogen) atoms. The number of allylic oxidation sites excluding steroid dienone is 2. The van der Waals surface area contributed by atoms with Crippen LogP contribution in [0.5, 0.6) is 0 Å². The minimum absolute atomic E-state index is 0.0978. The Hall–Kier alpha value is -1.86. The van der Waals surface area contributed by atoms with Crippen molar-refractivity contribution in [3.05, 3.63) is 41.1 Å². The van der Waals surface area contributed by atoms with Gasteiger partial charge in [0, 0.05) is 17.3 Å². The molecule has 1 heterocycles. The van der Waals surface area contributed by atoms with Crippen molar-refractivity contribution in [2.75, 3.05) is 12.3 Å². The molecule has 0 fully saturated rings. The number of hydrogen-bond donors (Lipinski definition) is 0. The van der Waals surface area contributed by atoms with E-state index in [1.165, 1.54) is 11.8 Å². The molecule has 0 bridgehead atoms. The lowest BCUT2D eigenvalue weighted by molar-refractivity contribution is -0.126. The summed E-state index contributed by atoms with van der Waals surface area (Å²) in [5.74, 6) is 0.402. The number of amides is 1. The highest BCUT2D eigenvalue weighted by Crippen LogP contribution is 2.25. The van der Waals surface area contributed by atoms with E-state index in [-0.39, 0.29) is 5.91 Å². The quantitative estimate of drug-likeness (QED) is 0.688. The molecule has 0 unspecified atom stereocenters. The Morgan fingerprint density at radius 2 is 2.32 bits per heavy atom. The fourth-order valence-electron chi connectivity index (χ4n) is 2.79. The molecule has 1 amide bonds. The SMILES string of the molecule is CCCN(C(=O)CSc1nnnn1-c1cccc(Cl)c1)C1=CCCC1. The second kappa shape index (κ2) is 8.49. The summed E-state index contributed by atoms with van der Waals surface area (Å²) in [5, 5.41) is 13.0. The molecule has 1 aromatic heterocycles. The van der Waals surface area contributed by atoms with Crippen LogP contribution in [0.3, 0.4) is 0 Å². The van der Waals surface area contributed by atoms with Crippen molar-refractivity contribution in [1.82, 2.24) is 25.1 Å². The number of tetrazole rings is 1. The monoisotopic (exact) mass is 377 g/mol. The Labute approximate surface area is 156 Å². The summed E-state index contributed by atoms with van der Waals surface area (Å²) in [6.45, 7) is 2.84. The molecule has 6 nitrogen and oxygen atoms in total. The number of aromatic nitrogens is 4. The molecule has 1 aromatic carbocycles. The summed E-state index contributed by atoms with van der Waals surface area (Å²) >= 11 is 7.38. The van der Waals surface area contributed by atoms with E-state index in [9.17, 15) is 4.79 Å². The van der Waals surface area contributed by atoms with E-state index < -0.39 is 0 Å². The molecule has 0 atom stereocenters. The molecular weight excluding hydrogens is 358 g/mol. The molecule has 1 aliphatic rings. The number of carbonyl (C=O) groups is 1. The van der Waals surface area contributed by atoms with Gasteiger partial charge < -0.3 is 4.90 Å². The molecule has 132 valence electrons. The van der Waals surface area contributed by atoms with E-state index in [2.05, 4.69) is 28.5 Å². The molecule has 0 saturated heterocycles. The molecule has 0 aliphatic heterocycles. The maximum atomic E-state index is 12.7. The van der Waals surface area contributed by atoms with Gasteiger partial charge in [-0.1, -0.05) is 42.4 Å². The van der Waals surface area contributed by atoms with Gasteiger partial charge >= 0.3 is 0 Å². The molecule has 0 radical (unpaired) electrons. The second-order valence-corrected chi connectivity index (χ2v) is 7.15. The molecule has 1 aliphatic carbocycles. The van der Waals surface area contributed by atoms with Gasteiger partial charge in [0.25, 0.3) is 0 Å². The number of rotatable bonds is 7. The first-order valence-corrected chi connectivity index (χ1v) is 9.72. The lowest BCUT2D eigenvalue weighted by Gasteiger charge is -2.23.